The number of amides is 4. The molecule has 2 aliphatic rings. The van der Waals surface area contributed by atoms with E-state index in [4.69, 9.17) is 4.74 Å². The molecule has 2 aliphatic heterocycles. The normalized spacial score (nSPS) is 23.8. The van der Waals surface area contributed by atoms with Crippen LogP contribution in [0, 0.1) is 0 Å². The van der Waals surface area contributed by atoms with Crippen LogP contribution >= 0.6 is 0 Å². The van der Waals surface area contributed by atoms with E-state index in [2.05, 4.69) is 10.2 Å². The summed E-state index contributed by atoms with van der Waals surface area (Å²) in [5.41, 5.74) is 0.630. The Hall–Kier alpha value is -2.45. The van der Waals surface area contributed by atoms with Gasteiger partial charge in [-0.1, -0.05) is 18.2 Å². The van der Waals surface area contributed by atoms with Gasteiger partial charge in [-0.05, 0) is 18.6 Å². The monoisotopic (exact) mass is 374 g/mol. The summed E-state index contributed by atoms with van der Waals surface area (Å²) < 4.78 is 5.59. The smallest absolute Gasteiger partial charge is 0.327 e. The first-order valence-electron chi connectivity index (χ1n) is 9.16. The Morgan fingerprint density at radius 2 is 1.96 bits per heavy atom. The number of likely N-dealkylation sites (N-methyl/N-ethyl adjacent to an activating group) is 1. The third kappa shape index (κ3) is 4.45. The van der Waals surface area contributed by atoms with Crippen LogP contribution < -0.4 is 5.32 Å². The number of nitrogens with zero attached hydrogens (tertiary/aromatic N) is 3. The van der Waals surface area contributed by atoms with Crippen molar-refractivity contribution >= 4 is 17.8 Å². The second kappa shape index (κ2) is 8.49. The number of methoxy groups -OCH3 is 1. The second-order valence-corrected chi connectivity index (χ2v) is 6.99. The Kier molecular flexibility index (Phi) is 6.08. The molecule has 1 aromatic rings. The van der Waals surface area contributed by atoms with Gasteiger partial charge in [0.15, 0.2) is 0 Å². The molecule has 4 amide bonds. The quantitative estimate of drug-likeness (QED) is 0.729. The van der Waals surface area contributed by atoms with Crippen LogP contribution in [0.1, 0.15) is 16.8 Å². The highest BCUT2D eigenvalue weighted by molar-refractivity contribution is 6.01. The summed E-state index contributed by atoms with van der Waals surface area (Å²) in [7, 11) is 3.26. The van der Waals surface area contributed by atoms with Crippen LogP contribution in [0.3, 0.4) is 0 Å². The van der Waals surface area contributed by atoms with Gasteiger partial charge in [0.1, 0.15) is 6.54 Å². The van der Waals surface area contributed by atoms with Gasteiger partial charge in [-0.25, -0.2) is 4.79 Å². The van der Waals surface area contributed by atoms with Crippen LogP contribution in [-0.2, 0) is 9.53 Å². The number of benzene rings is 1. The Morgan fingerprint density at radius 3 is 2.59 bits per heavy atom. The van der Waals surface area contributed by atoms with E-state index >= 15 is 0 Å². The number of ether oxygens (including phenoxy) is 1. The zero-order valence-corrected chi connectivity index (χ0v) is 15.8. The number of hydrogen-bond acceptors (Lipinski definition) is 5. The van der Waals surface area contributed by atoms with Crippen molar-refractivity contribution < 1.29 is 19.1 Å². The zero-order valence-electron chi connectivity index (χ0n) is 15.8. The molecule has 0 spiro atoms. The van der Waals surface area contributed by atoms with E-state index in [1.807, 2.05) is 18.2 Å². The summed E-state index contributed by atoms with van der Waals surface area (Å²) in [6, 6.07) is 8.81. The Labute approximate surface area is 159 Å². The van der Waals surface area contributed by atoms with Crippen LogP contribution in [0.5, 0.6) is 0 Å². The molecule has 0 radical (unpaired) electrons. The SMILES string of the molecule is COC1CN(CCN2C(=O)CN(C)C2=O)CCC1NC(=O)c1ccccc1. The van der Waals surface area contributed by atoms with Crippen LogP contribution in [-0.4, -0.2) is 91.6 Å². The number of urea groups is 1. The molecule has 0 bridgehead atoms. The summed E-state index contributed by atoms with van der Waals surface area (Å²) in [6.07, 6.45) is 0.609. The molecule has 8 heteroatoms. The molecule has 2 fully saturated rings. The van der Waals surface area contributed by atoms with Crippen molar-refractivity contribution in [2.24, 2.45) is 0 Å². The molecular formula is C19H26N4O4. The van der Waals surface area contributed by atoms with Crippen LogP contribution in [0.15, 0.2) is 30.3 Å². The van der Waals surface area contributed by atoms with Crippen LogP contribution in [0.25, 0.3) is 0 Å². The summed E-state index contributed by atoms with van der Waals surface area (Å²) in [5, 5.41) is 3.06. The summed E-state index contributed by atoms with van der Waals surface area (Å²) >= 11 is 0. The highest BCUT2D eigenvalue weighted by Crippen LogP contribution is 2.16. The zero-order chi connectivity index (χ0) is 19.4. The van der Waals surface area contributed by atoms with Crippen LogP contribution in [0.2, 0.25) is 0 Å². The summed E-state index contributed by atoms with van der Waals surface area (Å²) in [5.74, 6) is -0.261. The van der Waals surface area contributed by atoms with Gasteiger partial charge in [0.05, 0.1) is 12.1 Å². The van der Waals surface area contributed by atoms with Gasteiger partial charge in [0.2, 0.25) is 5.91 Å². The van der Waals surface area contributed by atoms with Gasteiger partial charge in [-0.3, -0.25) is 19.4 Å². The maximum absolute atomic E-state index is 12.4. The average Bonchev–Trinajstić information content (AvgIpc) is 2.93. The van der Waals surface area contributed by atoms with E-state index in [0.29, 0.717) is 25.2 Å². The number of nitrogens with one attached hydrogen (secondary N) is 1. The van der Waals surface area contributed by atoms with E-state index < -0.39 is 0 Å². The van der Waals surface area contributed by atoms with Gasteiger partial charge in [0, 0.05) is 45.9 Å². The molecule has 2 atom stereocenters. The lowest BCUT2D eigenvalue weighted by Crippen LogP contribution is -2.55. The topological polar surface area (TPSA) is 82.2 Å². The number of rotatable bonds is 6. The molecule has 27 heavy (non-hydrogen) atoms. The summed E-state index contributed by atoms with van der Waals surface area (Å²) in [4.78, 5) is 41.1. The number of likely N-dealkylation sites (tertiary alicyclic amines) is 1. The third-order valence-corrected chi connectivity index (χ3v) is 5.17. The molecule has 0 saturated carbocycles. The molecular weight excluding hydrogens is 348 g/mol. The van der Waals surface area contributed by atoms with Crippen molar-refractivity contribution in [3.63, 3.8) is 0 Å². The highest BCUT2D eigenvalue weighted by atomic mass is 16.5. The standard InChI is InChI=1S/C19H26N4O4/c1-21-13-17(24)23(19(21)26)11-10-22-9-8-15(16(12-22)27-2)20-18(25)14-6-4-3-5-7-14/h3-7,15-16H,8-13H2,1-2H3,(H,20,25). The Morgan fingerprint density at radius 1 is 1.22 bits per heavy atom. The first kappa shape index (κ1) is 19.3. The van der Waals surface area contributed by atoms with E-state index in [1.165, 1.54) is 9.80 Å². The largest absolute Gasteiger partial charge is 0.378 e. The second-order valence-electron chi connectivity index (χ2n) is 6.99. The molecule has 0 aromatic heterocycles. The lowest BCUT2D eigenvalue weighted by atomic mass is 10.0. The first-order chi connectivity index (χ1) is 13.0. The number of hydrogen-bond donors (Lipinski definition) is 1. The van der Waals surface area contributed by atoms with Crippen molar-refractivity contribution in [1.29, 1.82) is 0 Å². The minimum absolute atomic E-state index is 0.0693. The molecule has 1 aromatic carbocycles. The molecule has 0 aliphatic carbocycles. The molecule has 146 valence electrons. The number of piperidine rings is 1. The van der Waals surface area contributed by atoms with E-state index in [1.54, 1.807) is 26.3 Å². The minimum Gasteiger partial charge on any atom is -0.378 e. The molecule has 2 saturated heterocycles. The predicted octanol–water partition coefficient (Wildman–Crippen LogP) is 0.400. The predicted molar refractivity (Wildman–Crippen MR) is 99.3 cm³/mol. The van der Waals surface area contributed by atoms with Crippen molar-refractivity contribution in [3.05, 3.63) is 35.9 Å². The van der Waals surface area contributed by atoms with E-state index in [-0.39, 0.29) is 36.5 Å². The van der Waals surface area contributed by atoms with Crippen LogP contribution in [0.4, 0.5) is 4.79 Å². The lowest BCUT2D eigenvalue weighted by molar-refractivity contribution is -0.125. The van der Waals surface area contributed by atoms with Gasteiger partial charge in [0.25, 0.3) is 5.91 Å². The lowest BCUT2D eigenvalue weighted by Gasteiger charge is -2.38. The maximum atomic E-state index is 12.4. The Bertz CT molecular complexity index is 696. The van der Waals surface area contributed by atoms with Crippen molar-refractivity contribution in [2.45, 2.75) is 18.6 Å². The molecule has 3 rings (SSSR count). The third-order valence-electron chi connectivity index (χ3n) is 5.17. The fourth-order valence-corrected chi connectivity index (χ4v) is 3.56. The maximum Gasteiger partial charge on any atom is 0.327 e. The summed E-state index contributed by atoms with van der Waals surface area (Å²) in [6.45, 7) is 2.53. The fraction of sp³-hybridized carbons (Fsp3) is 0.526. The number of carbonyl (C=O) groups is 3. The average molecular weight is 374 g/mol. The highest BCUT2D eigenvalue weighted by Gasteiger charge is 2.35. The molecule has 8 nitrogen and oxygen atoms in total. The van der Waals surface area contributed by atoms with E-state index in [0.717, 1.165) is 13.0 Å². The van der Waals surface area contributed by atoms with Gasteiger partial charge >= 0.3 is 6.03 Å². The molecule has 1 N–H and O–H groups in total. The van der Waals surface area contributed by atoms with Gasteiger partial charge in [-0.15, -0.1) is 0 Å². The molecule has 2 unspecified atom stereocenters. The van der Waals surface area contributed by atoms with Crippen molar-refractivity contribution in [1.82, 2.24) is 20.0 Å². The number of imide groups is 1. The van der Waals surface area contributed by atoms with Crippen molar-refractivity contribution in [3.8, 4) is 0 Å². The van der Waals surface area contributed by atoms with Gasteiger partial charge < -0.3 is 15.0 Å². The first-order valence-corrected chi connectivity index (χ1v) is 9.16. The van der Waals surface area contributed by atoms with Gasteiger partial charge in [-0.2, -0.15) is 0 Å². The minimum atomic E-state index is -0.242. The number of carbonyl (C=O) groups excluding carboxylic acids is 3. The van der Waals surface area contributed by atoms with Crippen molar-refractivity contribution in [2.75, 3.05) is 46.9 Å². The Balaban J connectivity index is 1.51. The fourth-order valence-electron chi connectivity index (χ4n) is 3.56. The molecule has 2 heterocycles. The van der Waals surface area contributed by atoms with E-state index in [9.17, 15) is 14.4 Å².